The number of anilines is 1. The van der Waals surface area contributed by atoms with Gasteiger partial charge in [0.05, 0.1) is 12.1 Å². The summed E-state index contributed by atoms with van der Waals surface area (Å²) in [7, 11) is 1.58. The van der Waals surface area contributed by atoms with Crippen molar-refractivity contribution in [2.45, 2.75) is 12.3 Å². The number of halogens is 2. The second-order valence-electron chi connectivity index (χ2n) is 6.19. The third-order valence-corrected chi connectivity index (χ3v) is 4.75. The predicted molar refractivity (Wildman–Crippen MR) is 97.4 cm³/mol. The number of rotatable bonds is 4. The second kappa shape index (κ2) is 7.00. The summed E-state index contributed by atoms with van der Waals surface area (Å²) < 4.78 is 23.9. The average molecular weight is 388 g/mol. The zero-order valence-corrected chi connectivity index (χ0v) is 15.1. The van der Waals surface area contributed by atoms with Crippen LogP contribution in [0.5, 0.6) is 5.75 Å². The zero-order valence-electron chi connectivity index (χ0n) is 14.4. The smallest absolute Gasteiger partial charge is 0.258 e. The lowest BCUT2D eigenvalue weighted by molar-refractivity contribution is -0.117. The Bertz CT molecular complexity index is 1010. The highest BCUT2D eigenvalue weighted by Crippen LogP contribution is 2.33. The highest BCUT2D eigenvalue weighted by atomic mass is 35.5. The Balaban J connectivity index is 1.55. The van der Waals surface area contributed by atoms with Crippen LogP contribution in [0.3, 0.4) is 0 Å². The quantitative estimate of drug-likeness (QED) is 0.675. The van der Waals surface area contributed by atoms with Crippen LogP contribution in [0.25, 0.3) is 11.5 Å². The van der Waals surface area contributed by atoms with Gasteiger partial charge in [0.25, 0.3) is 5.89 Å². The summed E-state index contributed by atoms with van der Waals surface area (Å²) in [5.74, 6) is 0.656. The zero-order chi connectivity index (χ0) is 19.0. The molecule has 1 aliphatic rings. The minimum atomic E-state index is -0.523. The first-order valence-electron chi connectivity index (χ1n) is 8.28. The molecule has 1 atom stereocenters. The third-order valence-electron chi connectivity index (χ3n) is 4.46. The Morgan fingerprint density at radius 2 is 2.15 bits per heavy atom. The van der Waals surface area contributed by atoms with Crippen LogP contribution in [0.2, 0.25) is 5.02 Å². The molecule has 1 amide bonds. The molecule has 1 aromatic heterocycles. The van der Waals surface area contributed by atoms with E-state index in [0.717, 1.165) is 5.56 Å². The molecule has 0 spiro atoms. The topological polar surface area (TPSA) is 68.5 Å². The molecule has 0 bridgehead atoms. The highest BCUT2D eigenvalue weighted by Gasteiger charge is 2.35. The Labute approximate surface area is 159 Å². The second-order valence-corrected chi connectivity index (χ2v) is 6.60. The molecule has 138 valence electrons. The fourth-order valence-electron chi connectivity index (χ4n) is 3.06. The van der Waals surface area contributed by atoms with Crippen molar-refractivity contribution in [2.75, 3.05) is 18.6 Å². The number of ether oxygens (including phenoxy) is 1. The first kappa shape index (κ1) is 17.5. The fraction of sp³-hybridized carbons (Fsp3) is 0.211. The molecule has 2 heterocycles. The van der Waals surface area contributed by atoms with Gasteiger partial charge in [-0.15, -0.1) is 0 Å². The number of benzene rings is 2. The maximum absolute atomic E-state index is 13.4. The van der Waals surface area contributed by atoms with E-state index in [2.05, 4.69) is 10.1 Å². The van der Waals surface area contributed by atoms with Gasteiger partial charge in [-0.05, 0) is 36.4 Å². The molecule has 3 aromatic rings. The summed E-state index contributed by atoms with van der Waals surface area (Å²) >= 11 is 5.83. The molecule has 2 aromatic carbocycles. The van der Waals surface area contributed by atoms with Gasteiger partial charge in [-0.2, -0.15) is 4.98 Å². The molecule has 1 fully saturated rings. The lowest BCUT2D eigenvalue weighted by Crippen LogP contribution is -2.24. The Kier molecular flexibility index (Phi) is 4.53. The molecular weight excluding hydrogens is 373 g/mol. The first-order chi connectivity index (χ1) is 13.0. The molecule has 27 heavy (non-hydrogen) atoms. The predicted octanol–water partition coefficient (Wildman–Crippen LogP) is 4.06. The normalized spacial score (nSPS) is 16.8. The molecule has 8 heteroatoms. The van der Waals surface area contributed by atoms with E-state index in [1.807, 2.05) is 18.2 Å². The van der Waals surface area contributed by atoms with Gasteiger partial charge >= 0.3 is 0 Å². The van der Waals surface area contributed by atoms with E-state index in [1.165, 1.54) is 18.2 Å². The van der Waals surface area contributed by atoms with Crippen LogP contribution in [-0.4, -0.2) is 29.7 Å². The SMILES string of the molecule is COc1cccc(-c2nc([C@H]3CC(=O)N(c4ccc(F)c(Cl)c4)C3)no2)c1. The summed E-state index contributed by atoms with van der Waals surface area (Å²) in [6, 6.07) is 11.5. The van der Waals surface area contributed by atoms with E-state index in [9.17, 15) is 9.18 Å². The Morgan fingerprint density at radius 3 is 2.93 bits per heavy atom. The monoisotopic (exact) mass is 387 g/mol. The molecule has 0 unspecified atom stereocenters. The summed E-state index contributed by atoms with van der Waals surface area (Å²) in [5.41, 5.74) is 1.28. The van der Waals surface area contributed by atoms with Crippen molar-refractivity contribution in [3.05, 3.63) is 59.1 Å². The molecule has 0 saturated carbocycles. The minimum absolute atomic E-state index is 0.0244. The Morgan fingerprint density at radius 1 is 1.30 bits per heavy atom. The van der Waals surface area contributed by atoms with E-state index in [1.54, 1.807) is 18.1 Å². The maximum Gasteiger partial charge on any atom is 0.258 e. The van der Waals surface area contributed by atoms with E-state index >= 15 is 0 Å². The first-order valence-corrected chi connectivity index (χ1v) is 8.66. The van der Waals surface area contributed by atoms with Crippen molar-refractivity contribution in [2.24, 2.45) is 0 Å². The number of hydrogen-bond acceptors (Lipinski definition) is 5. The number of carbonyl (C=O) groups is 1. The summed E-state index contributed by atoms with van der Waals surface area (Å²) in [5, 5.41) is 4.01. The lowest BCUT2D eigenvalue weighted by atomic mass is 10.1. The van der Waals surface area contributed by atoms with Gasteiger partial charge in [0, 0.05) is 30.1 Å². The van der Waals surface area contributed by atoms with Crippen molar-refractivity contribution in [3.63, 3.8) is 0 Å². The highest BCUT2D eigenvalue weighted by molar-refractivity contribution is 6.31. The van der Waals surface area contributed by atoms with E-state index in [-0.39, 0.29) is 23.3 Å². The van der Waals surface area contributed by atoms with Crippen molar-refractivity contribution in [1.29, 1.82) is 0 Å². The number of nitrogens with zero attached hydrogens (tertiary/aromatic N) is 3. The van der Waals surface area contributed by atoms with Crippen LogP contribution >= 0.6 is 11.6 Å². The largest absolute Gasteiger partial charge is 0.497 e. The molecule has 1 aliphatic heterocycles. The number of hydrogen-bond donors (Lipinski definition) is 0. The summed E-state index contributed by atoms with van der Waals surface area (Å²) in [6.07, 6.45) is 0.242. The molecule has 4 rings (SSSR count). The van der Waals surface area contributed by atoms with Crippen molar-refractivity contribution in [1.82, 2.24) is 10.1 Å². The van der Waals surface area contributed by atoms with Gasteiger partial charge < -0.3 is 14.2 Å². The van der Waals surface area contributed by atoms with E-state index < -0.39 is 5.82 Å². The summed E-state index contributed by atoms with van der Waals surface area (Å²) in [6.45, 7) is 0.373. The molecular formula is C19H15ClFN3O3. The van der Waals surface area contributed by atoms with Crippen molar-refractivity contribution >= 4 is 23.2 Å². The fourth-order valence-corrected chi connectivity index (χ4v) is 3.23. The van der Waals surface area contributed by atoms with Crippen LogP contribution in [0.15, 0.2) is 47.0 Å². The van der Waals surface area contributed by atoms with Gasteiger partial charge in [-0.25, -0.2) is 4.39 Å². The van der Waals surface area contributed by atoms with E-state index in [0.29, 0.717) is 29.7 Å². The van der Waals surface area contributed by atoms with Gasteiger partial charge in [-0.3, -0.25) is 4.79 Å². The van der Waals surface area contributed by atoms with Gasteiger partial charge in [0.1, 0.15) is 11.6 Å². The molecule has 1 saturated heterocycles. The van der Waals surface area contributed by atoms with E-state index in [4.69, 9.17) is 20.9 Å². The number of methoxy groups -OCH3 is 1. The lowest BCUT2D eigenvalue weighted by Gasteiger charge is -2.16. The van der Waals surface area contributed by atoms with Crippen LogP contribution in [0, 0.1) is 5.82 Å². The van der Waals surface area contributed by atoms with Crippen LogP contribution < -0.4 is 9.64 Å². The van der Waals surface area contributed by atoms with Crippen LogP contribution in [0.4, 0.5) is 10.1 Å². The van der Waals surface area contributed by atoms with Gasteiger partial charge in [-0.1, -0.05) is 22.8 Å². The minimum Gasteiger partial charge on any atom is -0.497 e. The number of aromatic nitrogens is 2. The van der Waals surface area contributed by atoms with Crippen LogP contribution in [0.1, 0.15) is 18.2 Å². The Hall–Kier alpha value is -2.93. The summed E-state index contributed by atoms with van der Waals surface area (Å²) in [4.78, 5) is 18.4. The number of amides is 1. The van der Waals surface area contributed by atoms with Crippen LogP contribution in [-0.2, 0) is 4.79 Å². The standard InChI is InChI=1S/C19H15ClFN3O3/c1-26-14-4-2-3-11(7-14)19-22-18(23-27-19)12-8-17(25)24(10-12)13-5-6-16(21)15(20)9-13/h2-7,9,12H,8,10H2,1H3/t12-/m0/s1. The molecule has 6 nitrogen and oxygen atoms in total. The molecule has 0 aliphatic carbocycles. The molecule has 0 radical (unpaired) electrons. The van der Waals surface area contributed by atoms with Gasteiger partial charge in [0.15, 0.2) is 5.82 Å². The van der Waals surface area contributed by atoms with Gasteiger partial charge in [0.2, 0.25) is 5.91 Å². The third kappa shape index (κ3) is 3.38. The average Bonchev–Trinajstić information content (AvgIpc) is 3.31. The maximum atomic E-state index is 13.4. The number of carbonyl (C=O) groups excluding carboxylic acids is 1. The van der Waals surface area contributed by atoms with Crippen molar-refractivity contribution < 1.29 is 18.4 Å². The molecule has 0 N–H and O–H groups in total. The van der Waals surface area contributed by atoms with Crippen molar-refractivity contribution in [3.8, 4) is 17.2 Å².